The molecule has 1 aromatic heterocycles. The topological polar surface area (TPSA) is 0 Å². The molecule has 6 heteroatoms. The van der Waals surface area contributed by atoms with E-state index in [2.05, 4.69) is 6.58 Å². The normalized spacial score (nSPS) is 14.4. The summed E-state index contributed by atoms with van der Waals surface area (Å²) in [6, 6.07) is 13.6. The maximum absolute atomic E-state index is 14.0. The van der Waals surface area contributed by atoms with Crippen LogP contribution in [0.5, 0.6) is 0 Å². The minimum Gasteiger partial charge on any atom is -0.170 e. The quantitative estimate of drug-likeness (QED) is 0.404. The molecule has 3 aromatic rings. The molecule has 0 amide bonds. The largest absolute Gasteiger partial charge is 0.398 e. The monoisotopic (exact) mass is 414 g/mol. The molecule has 1 atom stereocenters. The molecule has 1 heterocycles. The average molecular weight is 415 g/mol. The molecule has 0 fully saturated rings. The van der Waals surface area contributed by atoms with Crippen molar-refractivity contribution in [1.29, 1.82) is 0 Å². The van der Waals surface area contributed by atoms with E-state index in [0.717, 1.165) is 21.9 Å². The third kappa shape index (κ3) is 3.64. The van der Waals surface area contributed by atoms with Gasteiger partial charge in [-0.25, -0.2) is 0 Å². The van der Waals surface area contributed by atoms with E-state index in [4.69, 9.17) is 23.2 Å². The lowest BCUT2D eigenvalue weighted by molar-refractivity contribution is -0.184. The summed E-state index contributed by atoms with van der Waals surface area (Å²) in [6.45, 7) is 5.09. The Bertz CT molecular complexity index is 921. The van der Waals surface area contributed by atoms with Crippen molar-refractivity contribution in [3.05, 3.63) is 75.6 Å². The zero-order valence-electron chi connectivity index (χ0n) is 13.8. The minimum atomic E-state index is -4.49. The molecule has 0 radical (unpaired) electrons. The second-order valence-electron chi connectivity index (χ2n) is 6.42. The Kier molecular flexibility index (Phi) is 5.13. The zero-order chi connectivity index (χ0) is 19.1. The van der Waals surface area contributed by atoms with E-state index in [-0.39, 0.29) is 22.0 Å². The second-order valence-corrected chi connectivity index (χ2v) is 8.37. The summed E-state index contributed by atoms with van der Waals surface area (Å²) in [5, 5.41) is 1.35. The van der Waals surface area contributed by atoms with Gasteiger partial charge in [-0.2, -0.15) is 13.2 Å². The first kappa shape index (κ1) is 19.3. The molecule has 26 heavy (non-hydrogen) atoms. The Morgan fingerprint density at radius 1 is 1.04 bits per heavy atom. The van der Waals surface area contributed by atoms with Gasteiger partial charge >= 0.3 is 6.18 Å². The van der Waals surface area contributed by atoms with Gasteiger partial charge in [-0.3, -0.25) is 0 Å². The van der Waals surface area contributed by atoms with Crippen LogP contribution >= 0.6 is 34.5 Å². The number of fused-ring (bicyclic) bond motifs is 1. The molecule has 0 aliphatic heterocycles. The van der Waals surface area contributed by atoms with Crippen LogP contribution in [0, 0.1) is 0 Å². The number of thiophene rings is 1. The van der Waals surface area contributed by atoms with Crippen molar-refractivity contribution in [3.8, 4) is 0 Å². The number of allylic oxidation sites excluding steroid dienone is 1. The zero-order valence-corrected chi connectivity index (χ0v) is 16.2. The predicted octanol–water partition coefficient (Wildman–Crippen LogP) is 8.13. The average Bonchev–Trinajstić information content (AvgIpc) is 2.97. The molecule has 0 saturated heterocycles. The van der Waals surface area contributed by atoms with Gasteiger partial charge in [0.15, 0.2) is 0 Å². The third-order valence-corrected chi connectivity index (χ3v) is 6.12. The van der Waals surface area contributed by atoms with Crippen LogP contribution in [-0.4, -0.2) is 6.18 Å². The lowest BCUT2D eigenvalue weighted by Crippen LogP contribution is -2.39. The highest BCUT2D eigenvalue weighted by Gasteiger charge is 2.52. The molecule has 0 spiro atoms. The van der Waals surface area contributed by atoms with E-state index >= 15 is 0 Å². The van der Waals surface area contributed by atoms with Crippen LogP contribution in [0.1, 0.15) is 23.8 Å². The summed E-state index contributed by atoms with van der Waals surface area (Å²) in [5.41, 5.74) is -1.68. The molecular formula is C20H15Cl2F3S. The highest BCUT2D eigenvalue weighted by Crippen LogP contribution is 2.48. The van der Waals surface area contributed by atoms with Crippen LogP contribution in [0.15, 0.2) is 55.1 Å². The Morgan fingerprint density at radius 2 is 1.65 bits per heavy atom. The molecule has 0 saturated carbocycles. The second kappa shape index (κ2) is 6.91. The molecule has 0 aliphatic carbocycles. The van der Waals surface area contributed by atoms with Crippen LogP contribution in [0.2, 0.25) is 10.0 Å². The number of hydrogen-bond donors (Lipinski definition) is 0. The van der Waals surface area contributed by atoms with Crippen molar-refractivity contribution < 1.29 is 13.2 Å². The lowest BCUT2D eigenvalue weighted by atomic mass is 9.76. The van der Waals surface area contributed by atoms with E-state index < -0.39 is 11.6 Å². The molecular weight excluding hydrogens is 400 g/mol. The third-order valence-electron chi connectivity index (χ3n) is 4.47. The van der Waals surface area contributed by atoms with Gasteiger partial charge in [0.1, 0.15) is 0 Å². The Labute approximate surface area is 163 Å². The van der Waals surface area contributed by atoms with E-state index in [9.17, 15) is 13.2 Å². The van der Waals surface area contributed by atoms with Crippen molar-refractivity contribution in [2.45, 2.75) is 24.9 Å². The van der Waals surface area contributed by atoms with Gasteiger partial charge in [-0.15, -0.1) is 11.3 Å². The Balaban J connectivity index is 2.02. The van der Waals surface area contributed by atoms with Crippen LogP contribution in [0.3, 0.4) is 0 Å². The van der Waals surface area contributed by atoms with Crippen molar-refractivity contribution in [3.63, 3.8) is 0 Å². The predicted molar refractivity (Wildman–Crippen MR) is 105 cm³/mol. The molecule has 0 N–H and O–H groups in total. The molecule has 1 unspecified atom stereocenters. The number of halogens is 5. The first-order valence-electron chi connectivity index (χ1n) is 7.80. The molecule has 3 rings (SSSR count). The van der Waals surface area contributed by atoms with Crippen LogP contribution in [-0.2, 0) is 5.41 Å². The summed E-state index contributed by atoms with van der Waals surface area (Å²) in [7, 11) is 0. The van der Waals surface area contributed by atoms with Crippen LogP contribution in [0.4, 0.5) is 13.2 Å². The molecule has 2 aromatic carbocycles. The number of benzene rings is 2. The van der Waals surface area contributed by atoms with Gasteiger partial charge in [-0.05, 0) is 60.2 Å². The Morgan fingerprint density at radius 3 is 2.23 bits per heavy atom. The molecule has 0 aliphatic rings. The van der Waals surface area contributed by atoms with E-state index in [1.165, 1.54) is 29.5 Å². The molecule has 0 bridgehead atoms. The van der Waals surface area contributed by atoms with Gasteiger partial charge in [-0.1, -0.05) is 48.0 Å². The smallest absolute Gasteiger partial charge is 0.170 e. The fraction of sp³-hybridized carbons (Fsp3) is 0.200. The van der Waals surface area contributed by atoms with Crippen molar-refractivity contribution in [2.75, 3.05) is 0 Å². The fourth-order valence-corrected chi connectivity index (χ4v) is 4.47. The number of hydrogen-bond acceptors (Lipinski definition) is 1. The minimum absolute atomic E-state index is 0.0322. The number of alkyl halides is 3. The van der Waals surface area contributed by atoms with E-state index in [0.29, 0.717) is 5.57 Å². The maximum atomic E-state index is 14.0. The maximum Gasteiger partial charge on any atom is 0.398 e. The van der Waals surface area contributed by atoms with Crippen LogP contribution in [0.25, 0.3) is 15.7 Å². The Hall–Kier alpha value is -1.49. The van der Waals surface area contributed by atoms with E-state index in [1.807, 2.05) is 30.3 Å². The van der Waals surface area contributed by atoms with E-state index in [1.54, 1.807) is 0 Å². The first-order valence-corrected chi connectivity index (χ1v) is 9.37. The van der Waals surface area contributed by atoms with Crippen molar-refractivity contribution in [2.24, 2.45) is 0 Å². The lowest BCUT2D eigenvalue weighted by Gasteiger charge is -2.33. The van der Waals surface area contributed by atoms with Gasteiger partial charge in [0.25, 0.3) is 0 Å². The van der Waals surface area contributed by atoms with Gasteiger partial charge in [0.05, 0.1) is 5.41 Å². The summed E-state index contributed by atoms with van der Waals surface area (Å²) in [4.78, 5) is 0.745. The number of rotatable bonds is 4. The summed E-state index contributed by atoms with van der Waals surface area (Å²) < 4.78 is 43.0. The van der Waals surface area contributed by atoms with Gasteiger partial charge < -0.3 is 0 Å². The van der Waals surface area contributed by atoms with Gasteiger partial charge in [0, 0.05) is 19.6 Å². The summed E-state index contributed by atoms with van der Waals surface area (Å²) in [6.07, 6.45) is -4.76. The van der Waals surface area contributed by atoms with Crippen molar-refractivity contribution >= 4 is 50.2 Å². The standard InChI is InChI=1S/C20H15Cl2F3S/c1-12(18-7-13-5-3-4-6-17(13)26-18)11-19(2,20(23,24)25)14-8-15(21)10-16(22)9-14/h3-10H,1,11H2,2H3. The van der Waals surface area contributed by atoms with Crippen molar-refractivity contribution in [1.82, 2.24) is 0 Å². The molecule has 136 valence electrons. The van der Waals surface area contributed by atoms with Gasteiger partial charge in [0.2, 0.25) is 0 Å². The first-order chi connectivity index (χ1) is 12.1. The highest BCUT2D eigenvalue weighted by atomic mass is 35.5. The fourth-order valence-electron chi connectivity index (χ4n) is 2.91. The van der Waals surface area contributed by atoms with Crippen LogP contribution < -0.4 is 0 Å². The molecule has 0 nitrogen and oxygen atoms in total. The SMILES string of the molecule is C=C(CC(C)(c1cc(Cl)cc(Cl)c1)C(F)(F)F)c1cc2ccccc2s1. The highest BCUT2D eigenvalue weighted by molar-refractivity contribution is 7.20. The summed E-state index contributed by atoms with van der Waals surface area (Å²) in [5.74, 6) is 0. The summed E-state index contributed by atoms with van der Waals surface area (Å²) >= 11 is 13.3.